The quantitative estimate of drug-likeness (QED) is 0.510. The molecule has 0 aliphatic carbocycles. The van der Waals surface area contributed by atoms with Gasteiger partial charge in [0.2, 0.25) is 0 Å². The fraction of sp³-hybridized carbons (Fsp3) is 0.571. The summed E-state index contributed by atoms with van der Waals surface area (Å²) < 4.78 is 6.65. The zero-order valence-corrected chi connectivity index (χ0v) is 21.6. The highest BCUT2D eigenvalue weighted by molar-refractivity contribution is 5.56. The third-order valence-electron chi connectivity index (χ3n) is 5.65. The Balaban J connectivity index is 2.82. The number of phenolic OH excluding ortho intramolecular Hbond substituents is 2. The molecule has 0 atom stereocenters. The maximum atomic E-state index is 10.8. The number of hydrogen-bond donors (Lipinski definition) is 2. The lowest BCUT2D eigenvalue weighted by Crippen LogP contribution is -2.18. The van der Waals surface area contributed by atoms with Crippen molar-refractivity contribution in [3.8, 4) is 23.0 Å². The van der Waals surface area contributed by atoms with Crippen molar-refractivity contribution in [3.63, 3.8) is 0 Å². The molecule has 0 aliphatic heterocycles. The Bertz CT molecular complexity index is 877. The zero-order valence-electron chi connectivity index (χ0n) is 21.6. The second-order valence-electron chi connectivity index (χ2n) is 12.8. The lowest BCUT2D eigenvalue weighted by atomic mass is 9.80. The maximum Gasteiger partial charge on any atom is 0.131 e. The molecule has 2 rings (SSSR count). The van der Waals surface area contributed by atoms with Gasteiger partial charge in [-0.1, -0.05) is 83.1 Å². The van der Waals surface area contributed by atoms with Crippen LogP contribution in [0, 0.1) is 0 Å². The summed E-state index contributed by atoms with van der Waals surface area (Å²) in [5, 5.41) is 21.5. The molecule has 2 aromatic carbocycles. The Morgan fingerprint density at radius 3 is 0.935 bits per heavy atom. The summed E-state index contributed by atoms with van der Waals surface area (Å²) >= 11 is 0. The molecule has 0 saturated carbocycles. The van der Waals surface area contributed by atoms with Gasteiger partial charge in [-0.3, -0.25) is 0 Å². The summed E-state index contributed by atoms with van der Waals surface area (Å²) in [5.41, 5.74) is 2.72. The molecule has 0 saturated heterocycles. The highest BCUT2D eigenvalue weighted by Crippen LogP contribution is 2.46. The smallest absolute Gasteiger partial charge is 0.131 e. The Labute approximate surface area is 189 Å². The van der Waals surface area contributed by atoms with Gasteiger partial charge in [-0.2, -0.15) is 0 Å². The lowest BCUT2D eigenvalue weighted by molar-refractivity contribution is 0.407. The molecule has 0 unspecified atom stereocenters. The van der Waals surface area contributed by atoms with Gasteiger partial charge < -0.3 is 14.9 Å². The molecule has 0 aliphatic rings. The van der Waals surface area contributed by atoms with Crippen LogP contribution in [0.2, 0.25) is 0 Å². The van der Waals surface area contributed by atoms with Gasteiger partial charge in [-0.05, 0) is 45.9 Å². The van der Waals surface area contributed by atoms with E-state index < -0.39 is 0 Å². The first-order valence-corrected chi connectivity index (χ1v) is 11.2. The van der Waals surface area contributed by atoms with Crippen LogP contribution in [0.5, 0.6) is 23.0 Å². The fourth-order valence-corrected chi connectivity index (χ4v) is 3.80. The average Bonchev–Trinajstić information content (AvgIpc) is 2.53. The van der Waals surface area contributed by atoms with E-state index in [1.807, 2.05) is 24.3 Å². The predicted molar refractivity (Wildman–Crippen MR) is 131 cm³/mol. The first-order chi connectivity index (χ1) is 13.7. The van der Waals surface area contributed by atoms with Gasteiger partial charge in [0, 0.05) is 22.3 Å². The van der Waals surface area contributed by atoms with Crippen molar-refractivity contribution < 1.29 is 14.9 Å². The van der Waals surface area contributed by atoms with Gasteiger partial charge in [-0.25, -0.2) is 0 Å². The van der Waals surface area contributed by atoms with Gasteiger partial charge in [0.25, 0.3) is 0 Å². The molecule has 0 radical (unpaired) electrons. The Kier molecular flexibility index (Phi) is 6.28. The third kappa shape index (κ3) is 5.56. The first-order valence-electron chi connectivity index (χ1n) is 11.2. The van der Waals surface area contributed by atoms with Crippen LogP contribution >= 0.6 is 0 Å². The summed E-state index contributed by atoms with van der Waals surface area (Å²) in [4.78, 5) is 0. The van der Waals surface area contributed by atoms with Gasteiger partial charge >= 0.3 is 0 Å². The average molecular weight is 427 g/mol. The van der Waals surface area contributed by atoms with E-state index in [0.29, 0.717) is 11.5 Å². The number of benzene rings is 2. The van der Waals surface area contributed by atoms with Crippen molar-refractivity contribution in [1.82, 2.24) is 0 Å². The molecule has 3 heteroatoms. The topological polar surface area (TPSA) is 49.7 Å². The Morgan fingerprint density at radius 2 is 0.710 bits per heavy atom. The van der Waals surface area contributed by atoms with Crippen LogP contribution in [-0.2, 0) is 21.7 Å². The van der Waals surface area contributed by atoms with Crippen LogP contribution in [0.4, 0.5) is 0 Å². The van der Waals surface area contributed by atoms with E-state index in [4.69, 9.17) is 4.74 Å². The molecule has 31 heavy (non-hydrogen) atoms. The molecule has 2 N–H and O–H groups in total. The summed E-state index contributed by atoms with van der Waals surface area (Å²) in [6, 6.07) is 7.65. The van der Waals surface area contributed by atoms with Gasteiger partial charge in [0.1, 0.15) is 23.0 Å². The number of aromatic hydroxyl groups is 2. The van der Waals surface area contributed by atoms with E-state index in [1.54, 1.807) is 0 Å². The van der Waals surface area contributed by atoms with E-state index in [9.17, 15) is 10.2 Å². The molecular weight excluding hydrogens is 384 g/mol. The first kappa shape index (κ1) is 25.1. The number of ether oxygens (including phenoxy) is 1. The number of phenols is 2. The molecule has 2 aromatic rings. The van der Waals surface area contributed by atoms with E-state index >= 15 is 0 Å². The normalized spacial score (nSPS) is 13.4. The number of rotatable bonds is 2. The molecule has 0 heterocycles. The van der Waals surface area contributed by atoms with Crippen molar-refractivity contribution in [1.29, 1.82) is 0 Å². The van der Waals surface area contributed by atoms with E-state index in [-0.39, 0.29) is 21.7 Å². The molecule has 172 valence electrons. The second kappa shape index (κ2) is 7.76. The standard InChI is InChI=1S/C28H42O3/c1-25(2,3)17-15-23(19(13-21(17)29)27(7,8)9)31-24-16-18(26(4,5)6)22(30)14-20(24)28(10,11)12/h13-16,29-30H,1-12H3. The second-order valence-corrected chi connectivity index (χ2v) is 12.8. The van der Waals surface area contributed by atoms with Crippen molar-refractivity contribution >= 4 is 0 Å². The molecule has 0 amide bonds. The third-order valence-corrected chi connectivity index (χ3v) is 5.65. The lowest BCUT2D eigenvalue weighted by Gasteiger charge is -2.30. The van der Waals surface area contributed by atoms with Crippen LogP contribution in [0.15, 0.2) is 24.3 Å². The van der Waals surface area contributed by atoms with Crippen LogP contribution in [0.1, 0.15) is 105 Å². The highest BCUT2D eigenvalue weighted by Gasteiger charge is 2.29. The van der Waals surface area contributed by atoms with Gasteiger partial charge in [-0.15, -0.1) is 0 Å². The van der Waals surface area contributed by atoms with E-state index in [1.165, 1.54) is 0 Å². The zero-order chi connectivity index (χ0) is 24.2. The van der Waals surface area contributed by atoms with Crippen LogP contribution in [0.25, 0.3) is 0 Å². The molecule has 0 aromatic heterocycles. The minimum atomic E-state index is -0.225. The molecule has 3 nitrogen and oxygen atoms in total. The summed E-state index contributed by atoms with van der Waals surface area (Å²) in [6.45, 7) is 25.2. The SMILES string of the molecule is CC(C)(C)c1cc(Oc2cc(C(C)(C)C)c(O)cc2C(C)(C)C)c(C(C)(C)C)cc1O. The Morgan fingerprint density at radius 1 is 0.452 bits per heavy atom. The largest absolute Gasteiger partial charge is 0.508 e. The van der Waals surface area contributed by atoms with E-state index in [0.717, 1.165) is 33.8 Å². The van der Waals surface area contributed by atoms with Gasteiger partial charge in [0.05, 0.1) is 0 Å². The van der Waals surface area contributed by atoms with Crippen molar-refractivity contribution in [2.45, 2.75) is 105 Å². The van der Waals surface area contributed by atoms with E-state index in [2.05, 4.69) is 83.1 Å². The van der Waals surface area contributed by atoms with Crippen molar-refractivity contribution in [2.24, 2.45) is 0 Å². The molecule has 0 fully saturated rings. The predicted octanol–water partition coefficient (Wildman–Crippen LogP) is 8.08. The molecule has 0 spiro atoms. The van der Waals surface area contributed by atoms with Crippen LogP contribution in [-0.4, -0.2) is 10.2 Å². The highest BCUT2D eigenvalue weighted by atomic mass is 16.5. The molecule has 0 bridgehead atoms. The summed E-state index contributed by atoms with van der Waals surface area (Å²) in [7, 11) is 0. The maximum absolute atomic E-state index is 10.8. The van der Waals surface area contributed by atoms with Crippen molar-refractivity contribution in [3.05, 3.63) is 46.5 Å². The van der Waals surface area contributed by atoms with Crippen molar-refractivity contribution in [2.75, 3.05) is 0 Å². The minimum absolute atomic E-state index is 0.213. The summed E-state index contributed by atoms with van der Waals surface area (Å²) in [6.07, 6.45) is 0. The number of hydrogen-bond acceptors (Lipinski definition) is 3. The molecular formula is C28H42O3. The summed E-state index contributed by atoms with van der Waals surface area (Å²) in [5.74, 6) is 2.07. The van der Waals surface area contributed by atoms with Gasteiger partial charge in [0.15, 0.2) is 0 Å². The monoisotopic (exact) mass is 426 g/mol. The minimum Gasteiger partial charge on any atom is -0.508 e. The fourth-order valence-electron chi connectivity index (χ4n) is 3.80. The Hall–Kier alpha value is -2.16. The van der Waals surface area contributed by atoms with Crippen LogP contribution < -0.4 is 4.74 Å². The van der Waals surface area contributed by atoms with Crippen LogP contribution in [0.3, 0.4) is 0 Å².